The Bertz CT molecular complexity index is 216. The maximum atomic E-state index is 6.51. The molecule has 0 saturated heterocycles. The molecule has 0 radical (unpaired) electrons. The molecule has 0 aromatic heterocycles. The second kappa shape index (κ2) is 6.22. The lowest BCUT2D eigenvalue weighted by Crippen LogP contribution is -2.39. The first kappa shape index (κ1) is 15.0. The molecule has 1 rings (SSSR count). The van der Waals surface area contributed by atoms with E-state index in [-0.39, 0.29) is 0 Å². The van der Waals surface area contributed by atoms with Gasteiger partial charge in [0.2, 0.25) is 0 Å². The molecule has 1 aliphatic carbocycles. The van der Waals surface area contributed by atoms with Crippen LogP contribution in [0.25, 0.3) is 0 Å². The third-order valence-corrected chi connectivity index (χ3v) is 5.15. The number of hydrogen-bond acceptors (Lipinski definition) is 1. The molecule has 0 heterocycles. The minimum Gasteiger partial charge on any atom is -0.327 e. The summed E-state index contributed by atoms with van der Waals surface area (Å²) in [5, 5.41) is 0. The first-order chi connectivity index (χ1) is 7.86. The Kier molecular flexibility index (Phi) is 5.50. The molecule has 2 N–H and O–H groups in total. The van der Waals surface area contributed by atoms with Gasteiger partial charge in [-0.3, -0.25) is 0 Å². The van der Waals surface area contributed by atoms with Gasteiger partial charge in [-0.1, -0.05) is 60.3 Å². The predicted octanol–water partition coefficient (Wildman–Crippen LogP) is 4.60. The van der Waals surface area contributed by atoms with Crippen LogP contribution in [0, 0.1) is 23.2 Å². The lowest BCUT2D eigenvalue weighted by molar-refractivity contribution is 0.152. The number of nitrogens with two attached hydrogens (primary N) is 1. The first-order valence-electron chi connectivity index (χ1n) is 7.61. The van der Waals surface area contributed by atoms with Gasteiger partial charge in [-0.15, -0.1) is 0 Å². The van der Waals surface area contributed by atoms with Crippen LogP contribution >= 0.6 is 0 Å². The minimum atomic E-state index is 0.397. The zero-order valence-corrected chi connectivity index (χ0v) is 12.6. The van der Waals surface area contributed by atoms with Crippen LogP contribution in [0.3, 0.4) is 0 Å². The van der Waals surface area contributed by atoms with E-state index in [1.54, 1.807) is 0 Å². The van der Waals surface area contributed by atoms with Crippen molar-refractivity contribution in [1.82, 2.24) is 0 Å². The molecule has 0 aromatic carbocycles. The largest absolute Gasteiger partial charge is 0.327 e. The van der Waals surface area contributed by atoms with Crippen LogP contribution in [0.5, 0.6) is 0 Å². The molecule has 4 atom stereocenters. The summed E-state index contributed by atoms with van der Waals surface area (Å²) < 4.78 is 0. The highest BCUT2D eigenvalue weighted by Gasteiger charge is 2.31. The normalized spacial score (nSPS) is 30.0. The molecule has 1 aliphatic rings. The summed E-state index contributed by atoms with van der Waals surface area (Å²) in [6, 6.07) is 0.425. The highest BCUT2D eigenvalue weighted by Crippen LogP contribution is 2.37. The van der Waals surface area contributed by atoms with Gasteiger partial charge < -0.3 is 5.73 Å². The fourth-order valence-corrected chi connectivity index (χ4v) is 3.24. The van der Waals surface area contributed by atoms with Crippen LogP contribution in [0.15, 0.2) is 0 Å². The van der Waals surface area contributed by atoms with E-state index >= 15 is 0 Å². The number of hydrogen-bond donors (Lipinski definition) is 1. The van der Waals surface area contributed by atoms with Crippen molar-refractivity contribution >= 4 is 0 Å². The monoisotopic (exact) mass is 239 g/mol. The molecule has 0 bridgehead atoms. The standard InChI is InChI=1S/C16H33N/c1-6-13-9-7-8-10-14(13)15(17)11-12(2)16(3,4)5/h12-15H,6-11,17H2,1-5H3. The van der Waals surface area contributed by atoms with Crippen molar-refractivity contribution in [2.75, 3.05) is 0 Å². The van der Waals surface area contributed by atoms with Gasteiger partial charge in [0.15, 0.2) is 0 Å². The van der Waals surface area contributed by atoms with Gasteiger partial charge in [0.1, 0.15) is 0 Å². The summed E-state index contributed by atoms with van der Waals surface area (Å²) in [6.45, 7) is 11.7. The van der Waals surface area contributed by atoms with Crippen molar-refractivity contribution in [3.8, 4) is 0 Å². The molecule has 17 heavy (non-hydrogen) atoms. The third kappa shape index (κ3) is 4.28. The van der Waals surface area contributed by atoms with E-state index < -0.39 is 0 Å². The van der Waals surface area contributed by atoms with Crippen LogP contribution in [0.1, 0.15) is 73.1 Å². The zero-order valence-electron chi connectivity index (χ0n) is 12.6. The van der Waals surface area contributed by atoms with Crippen molar-refractivity contribution in [2.24, 2.45) is 28.9 Å². The maximum absolute atomic E-state index is 6.51. The van der Waals surface area contributed by atoms with Crippen molar-refractivity contribution in [3.63, 3.8) is 0 Å². The summed E-state index contributed by atoms with van der Waals surface area (Å²) >= 11 is 0. The minimum absolute atomic E-state index is 0.397. The summed E-state index contributed by atoms with van der Waals surface area (Å²) in [5.74, 6) is 2.40. The summed E-state index contributed by atoms with van der Waals surface area (Å²) in [4.78, 5) is 0. The lowest BCUT2D eigenvalue weighted by atomic mass is 9.70. The summed E-state index contributed by atoms with van der Waals surface area (Å²) in [7, 11) is 0. The Morgan fingerprint density at radius 1 is 1.18 bits per heavy atom. The molecular formula is C16H33N. The predicted molar refractivity (Wildman–Crippen MR) is 77.0 cm³/mol. The second-order valence-electron chi connectivity index (χ2n) is 7.28. The van der Waals surface area contributed by atoms with Gasteiger partial charge in [0, 0.05) is 6.04 Å². The molecule has 1 fully saturated rings. The molecule has 4 unspecified atom stereocenters. The van der Waals surface area contributed by atoms with E-state index in [2.05, 4.69) is 34.6 Å². The highest BCUT2D eigenvalue weighted by molar-refractivity contribution is 4.85. The van der Waals surface area contributed by atoms with Gasteiger partial charge in [-0.05, 0) is 36.0 Å². The average Bonchev–Trinajstić information content (AvgIpc) is 2.27. The van der Waals surface area contributed by atoms with Crippen LogP contribution in [-0.4, -0.2) is 6.04 Å². The zero-order chi connectivity index (χ0) is 13.1. The fraction of sp³-hybridized carbons (Fsp3) is 1.00. The number of rotatable bonds is 4. The van der Waals surface area contributed by atoms with Gasteiger partial charge in [-0.2, -0.15) is 0 Å². The molecule has 102 valence electrons. The Labute approximate surface area is 109 Å². The van der Waals surface area contributed by atoms with E-state index in [0.29, 0.717) is 11.5 Å². The SMILES string of the molecule is CCC1CCCCC1C(N)CC(C)C(C)(C)C. The van der Waals surface area contributed by atoms with Crippen LogP contribution in [-0.2, 0) is 0 Å². The Hall–Kier alpha value is -0.0400. The fourth-order valence-electron chi connectivity index (χ4n) is 3.24. The molecule has 0 aromatic rings. The molecule has 1 saturated carbocycles. The van der Waals surface area contributed by atoms with E-state index in [1.165, 1.54) is 38.5 Å². The molecule has 0 spiro atoms. The van der Waals surface area contributed by atoms with Crippen LogP contribution in [0.2, 0.25) is 0 Å². The molecule has 1 heteroatoms. The molecular weight excluding hydrogens is 206 g/mol. The third-order valence-electron chi connectivity index (χ3n) is 5.15. The first-order valence-corrected chi connectivity index (χ1v) is 7.61. The molecule has 1 nitrogen and oxygen atoms in total. The Morgan fingerprint density at radius 2 is 1.76 bits per heavy atom. The summed E-state index contributed by atoms with van der Waals surface area (Å²) in [6.07, 6.45) is 8.14. The molecule has 0 aliphatic heterocycles. The van der Waals surface area contributed by atoms with E-state index in [0.717, 1.165) is 17.8 Å². The smallest absolute Gasteiger partial charge is 0.00725 e. The van der Waals surface area contributed by atoms with Gasteiger partial charge in [-0.25, -0.2) is 0 Å². The van der Waals surface area contributed by atoms with E-state index in [9.17, 15) is 0 Å². The Morgan fingerprint density at radius 3 is 2.29 bits per heavy atom. The molecule has 0 amide bonds. The maximum Gasteiger partial charge on any atom is 0.00725 e. The van der Waals surface area contributed by atoms with Crippen molar-refractivity contribution in [1.29, 1.82) is 0 Å². The lowest BCUT2D eigenvalue weighted by Gasteiger charge is -2.38. The van der Waals surface area contributed by atoms with Crippen LogP contribution < -0.4 is 5.73 Å². The van der Waals surface area contributed by atoms with E-state index in [1.807, 2.05) is 0 Å². The van der Waals surface area contributed by atoms with Crippen LogP contribution in [0.4, 0.5) is 0 Å². The van der Waals surface area contributed by atoms with Gasteiger partial charge >= 0.3 is 0 Å². The van der Waals surface area contributed by atoms with Crippen molar-refractivity contribution in [3.05, 3.63) is 0 Å². The second-order valence-corrected chi connectivity index (χ2v) is 7.28. The van der Waals surface area contributed by atoms with Gasteiger partial charge in [0.25, 0.3) is 0 Å². The van der Waals surface area contributed by atoms with Crippen molar-refractivity contribution in [2.45, 2.75) is 79.2 Å². The topological polar surface area (TPSA) is 26.0 Å². The van der Waals surface area contributed by atoms with E-state index in [4.69, 9.17) is 5.73 Å². The quantitative estimate of drug-likeness (QED) is 0.762. The Balaban J connectivity index is 2.53. The van der Waals surface area contributed by atoms with Gasteiger partial charge in [0.05, 0.1) is 0 Å². The average molecular weight is 239 g/mol. The summed E-state index contributed by atoms with van der Waals surface area (Å²) in [5.41, 5.74) is 6.91. The van der Waals surface area contributed by atoms with Crippen molar-refractivity contribution < 1.29 is 0 Å². The highest BCUT2D eigenvalue weighted by atomic mass is 14.7.